The average molecular weight is 406 g/mol. The van der Waals surface area contributed by atoms with Gasteiger partial charge in [-0.05, 0) is 43.3 Å². The number of fused-ring (bicyclic) bond motifs is 3. The van der Waals surface area contributed by atoms with Gasteiger partial charge in [0.05, 0.1) is 22.6 Å². The molecule has 0 amide bonds. The molecule has 8 heteroatoms. The van der Waals surface area contributed by atoms with E-state index in [0.29, 0.717) is 16.7 Å². The lowest BCUT2D eigenvalue weighted by molar-refractivity contribution is -0.207. The number of benzene rings is 1. The van der Waals surface area contributed by atoms with Gasteiger partial charge in [-0.25, -0.2) is 0 Å². The molecule has 3 aromatic heterocycles. The number of alkyl halides is 3. The molecule has 1 aromatic carbocycles. The monoisotopic (exact) mass is 406 g/mol. The number of hydrogen-bond donors (Lipinski definition) is 1. The molecule has 1 N–H and O–H groups in total. The van der Waals surface area contributed by atoms with Crippen molar-refractivity contribution >= 4 is 33.1 Å². The van der Waals surface area contributed by atoms with Gasteiger partial charge in [0.1, 0.15) is 0 Å². The van der Waals surface area contributed by atoms with Gasteiger partial charge in [-0.3, -0.25) is 4.79 Å². The molecule has 0 spiro atoms. The molecule has 0 radical (unpaired) electrons. The minimum atomic E-state index is -4.71. The molecule has 4 rings (SSSR count). The Morgan fingerprint density at radius 1 is 1.07 bits per heavy atom. The minimum Gasteiger partial charge on any atom is -0.382 e. The molecular weight excluding hydrogens is 389 g/mol. The van der Waals surface area contributed by atoms with Crippen LogP contribution in [0, 0.1) is 6.92 Å². The third kappa shape index (κ3) is 3.02. The van der Waals surface area contributed by atoms with Gasteiger partial charge in [0.15, 0.2) is 6.10 Å². The molecule has 0 saturated carbocycles. The summed E-state index contributed by atoms with van der Waals surface area (Å²) in [5, 5.41) is 11.2. The largest absolute Gasteiger partial charge is 0.416 e. The van der Waals surface area contributed by atoms with Crippen LogP contribution >= 0.6 is 11.3 Å². The standard InChI is InChI=1S/C20H17F3N2O2S/c1-11-3-7-17(28-11)16-9-13-12-4-8-19(27)24(2)14(12)5-6-15(13)25(16)10-18(26)20(21,22)23/h3-9,18,26H,10H2,1-2H3. The zero-order valence-corrected chi connectivity index (χ0v) is 15.9. The first-order valence-electron chi connectivity index (χ1n) is 8.60. The van der Waals surface area contributed by atoms with E-state index in [9.17, 15) is 23.1 Å². The van der Waals surface area contributed by atoms with Gasteiger partial charge in [0.25, 0.3) is 5.56 Å². The molecule has 0 saturated heterocycles. The average Bonchev–Trinajstić information content (AvgIpc) is 3.21. The van der Waals surface area contributed by atoms with Crippen LogP contribution in [0.1, 0.15) is 4.88 Å². The van der Waals surface area contributed by atoms with Crippen molar-refractivity contribution in [3.63, 3.8) is 0 Å². The second-order valence-electron chi connectivity index (χ2n) is 6.77. The predicted molar refractivity (Wildman–Crippen MR) is 105 cm³/mol. The van der Waals surface area contributed by atoms with Gasteiger partial charge >= 0.3 is 6.18 Å². The summed E-state index contributed by atoms with van der Waals surface area (Å²) in [6.07, 6.45) is -7.18. The van der Waals surface area contributed by atoms with Crippen molar-refractivity contribution in [2.45, 2.75) is 25.7 Å². The maximum absolute atomic E-state index is 13.0. The maximum Gasteiger partial charge on any atom is 0.416 e. The zero-order valence-electron chi connectivity index (χ0n) is 15.1. The van der Waals surface area contributed by atoms with Gasteiger partial charge in [0.2, 0.25) is 0 Å². The highest BCUT2D eigenvalue weighted by Gasteiger charge is 2.39. The predicted octanol–water partition coefficient (Wildman–Crippen LogP) is 4.45. The first-order valence-corrected chi connectivity index (χ1v) is 9.42. The molecule has 1 atom stereocenters. The van der Waals surface area contributed by atoms with Crippen LogP contribution in [-0.4, -0.2) is 26.5 Å². The van der Waals surface area contributed by atoms with Crippen molar-refractivity contribution in [2.75, 3.05) is 0 Å². The number of aliphatic hydroxyl groups excluding tert-OH is 1. The van der Waals surface area contributed by atoms with Gasteiger partial charge < -0.3 is 14.2 Å². The van der Waals surface area contributed by atoms with Crippen LogP contribution in [0.15, 0.2) is 47.3 Å². The van der Waals surface area contributed by atoms with Gasteiger partial charge in [0, 0.05) is 34.3 Å². The third-order valence-corrected chi connectivity index (χ3v) is 5.94. The van der Waals surface area contributed by atoms with E-state index in [2.05, 4.69) is 0 Å². The van der Waals surface area contributed by atoms with E-state index < -0.39 is 18.8 Å². The number of aromatic nitrogens is 2. The Bertz CT molecular complexity index is 1250. The number of pyridine rings is 1. The molecule has 1 unspecified atom stereocenters. The smallest absolute Gasteiger partial charge is 0.382 e. The van der Waals surface area contributed by atoms with E-state index >= 15 is 0 Å². The second-order valence-corrected chi connectivity index (χ2v) is 8.06. The van der Waals surface area contributed by atoms with E-state index in [1.165, 1.54) is 26.5 Å². The SMILES string of the molecule is Cc1ccc(-c2cc3c4ccc(=O)n(C)c4ccc3n2CC(O)C(F)(F)F)s1. The number of thiophene rings is 1. The summed E-state index contributed by atoms with van der Waals surface area (Å²) in [5.74, 6) is 0. The molecule has 0 aliphatic rings. The highest BCUT2D eigenvalue weighted by atomic mass is 32.1. The van der Waals surface area contributed by atoms with Crippen molar-refractivity contribution < 1.29 is 18.3 Å². The van der Waals surface area contributed by atoms with Crippen molar-refractivity contribution in [1.29, 1.82) is 0 Å². The highest BCUT2D eigenvalue weighted by molar-refractivity contribution is 7.15. The van der Waals surface area contributed by atoms with E-state index in [4.69, 9.17) is 0 Å². The fourth-order valence-electron chi connectivity index (χ4n) is 3.45. The number of aliphatic hydroxyl groups is 1. The molecule has 3 heterocycles. The van der Waals surface area contributed by atoms with E-state index in [1.807, 2.05) is 25.1 Å². The van der Waals surface area contributed by atoms with Crippen LogP contribution in [0.3, 0.4) is 0 Å². The molecule has 4 aromatic rings. The third-order valence-electron chi connectivity index (χ3n) is 4.91. The highest BCUT2D eigenvalue weighted by Crippen LogP contribution is 2.36. The number of halogens is 3. The topological polar surface area (TPSA) is 47.2 Å². The summed E-state index contributed by atoms with van der Waals surface area (Å²) in [7, 11) is 1.66. The molecule has 28 heavy (non-hydrogen) atoms. The fraction of sp³-hybridized carbons (Fsp3) is 0.250. The number of aryl methyl sites for hydroxylation is 2. The van der Waals surface area contributed by atoms with E-state index in [1.54, 1.807) is 25.2 Å². The molecule has 0 bridgehead atoms. The molecule has 0 fully saturated rings. The van der Waals surface area contributed by atoms with Crippen molar-refractivity contribution in [3.05, 3.63) is 57.7 Å². The number of hydrogen-bond acceptors (Lipinski definition) is 3. The van der Waals surface area contributed by atoms with E-state index in [-0.39, 0.29) is 5.56 Å². The lowest BCUT2D eigenvalue weighted by atomic mass is 10.1. The van der Waals surface area contributed by atoms with Crippen LogP contribution < -0.4 is 5.56 Å². The molecule has 0 aliphatic carbocycles. The van der Waals surface area contributed by atoms with Crippen molar-refractivity contribution in [2.24, 2.45) is 7.05 Å². The van der Waals surface area contributed by atoms with Crippen molar-refractivity contribution in [1.82, 2.24) is 9.13 Å². The van der Waals surface area contributed by atoms with Gasteiger partial charge in [-0.15, -0.1) is 11.3 Å². The molecule has 0 aliphatic heterocycles. The van der Waals surface area contributed by atoms with E-state index in [0.717, 1.165) is 20.5 Å². The van der Waals surface area contributed by atoms with Crippen LogP contribution in [0.2, 0.25) is 0 Å². The number of nitrogens with zero attached hydrogens (tertiary/aromatic N) is 2. The summed E-state index contributed by atoms with van der Waals surface area (Å²) >= 11 is 1.48. The lowest BCUT2D eigenvalue weighted by Crippen LogP contribution is -2.32. The van der Waals surface area contributed by atoms with Crippen LogP contribution in [0.5, 0.6) is 0 Å². The van der Waals surface area contributed by atoms with Crippen molar-refractivity contribution in [3.8, 4) is 10.6 Å². The Morgan fingerprint density at radius 2 is 1.79 bits per heavy atom. The van der Waals surface area contributed by atoms with Gasteiger partial charge in [-0.2, -0.15) is 13.2 Å². The van der Waals surface area contributed by atoms with Crippen LogP contribution in [-0.2, 0) is 13.6 Å². The molecule has 146 valence electrons. The Labute approximate surface area is 162 Å². The first-order chi connectivity index (χ1) is 13.2. The Kier molecular flexibility index (Phi) is 4.35. The minimum absolute atomic E-state index is 0.159. The Balaban J connectivity index is 2.02. The summed E-state index contributed by atoms with van der Waals surface area (Å²) in [6, 6.07) is 12.2. The summed E-state index contributed by atoms with van der Waals surface area (Å²) < 4.78 is 42.1. The fourth-order valence-corrected chi connectivity index (χ4v) is 4.34. The molecular formula is C20H17F3N2O2S. The summed E-state index contributed by atoms with van der Waals surface area (Å²) in [5.41, 5.74) is 1.73. The quantitative estimate of drug-likeness (QED) is 0.546. The normalized spacial score (nSPS) is 13.5. The zero-order chi connectivity index (χ0) is 20.2. The molecule has 4 nitrogen and oxygen atoms in total. The Hall–Kier alpha value is -2.58. The van der Waals surface area contributed by atoms with Crippen LogP contribution in [0.4, 0.5) is 13.2 Å². The van der Waals surface area contributed by atoms with Crippen LogP contribution in [0.25, 0.3) is 32.4 Å². The number of rotatable bonds is 3. The summed E-state index contributed by atoms with van der Waals surface area (Å²) in [4.78, 5) is 13.8. The second kappa shape index (κ2) is 6.49. The summed E-state index contributed by atoms with van der Waals surface area (Å²) in [6.45, 7) is 1.33. The first kappa shape index (κ1) is 18.8. The van der Waals surface area contributed by atoms with Gasteiger partial charge in [-0.1, -0.05) is 0 Å². The maximum atomic E-state index is 13.0. The Morgan fingerprint density at radius 3 is 2.43 bits per heavy atom. The lowest BCUT2D eigenvalue weighted by Gasteiger charge is -2.18.